The topological polar surface area (TPSA) is 131 Å². The van der Waals surface area contributed by atoms with Gasteiger partial charge in [-0.05, 0) is 62.8 Å². The Kier molecular flexibility index (Phi) is 6.49. The van der Waals surface area contributed by atoms with Gasteiger partial charge in [0, 0.05) is 41.5 Å². The first-order chi connectivity index (χ1) is 16.7. The van der Waals surface area contributed by atoms with Crippen molar-refractivity contribution in [2.75, 3.05) is 5.32 Å². The average molecular weight is 457 g/mol. The molecule has 9 heteroatoms. The van der Waals surface area contributed by atoms with E-state index < -0.39 is 0 Å². The molecule has 34 heavy (non-hydrogen) atoms. The number of nitrogens with one attached hydrogen (secondary N) is 4. The molecule has 0 spiro atoms. The number of amides is 1. The molecule has 174 valence electrons. The molecule has 0 saturated heterocycles. The Labute approximate surface area is 198 Å². The molecule has 9 nitrogen and oxygen atoms in total. The number of carbonyl (C=O) groups excluding carboxylic acids is 1. The van der Waals surface area contributed by atoms with Crippen LogP contribution < -0.4 is 16.0 Å². The fourth-order valence-corrected chi connectivity index (χ4v) is 4.37. The number of carbonyl (C=O) groups is 1. The molecule has 4 N–H and O–H groups in total. The summed E-state index contributed by atoms with van der Waals surface area (Å²) >= 11 is 0. The zero-order valence-electron chi connectivity index (χ0n) is 18.9. The maximum Gasteiger partial charge on any atom is 0.251 e. The monoisotopic (exact) mass is 456 g/mol. The van der Waals surface area contributed by atoms with Crippen LogP contribution in [0.25, 0.3) is 0 Å². The van der Waals surface area contributed by atoms with E-state index in [4.69, 9.17) is 5.26 Å². The van der Waals surface area contributed by atoms with Gasteiger partial charge in [0.05, 0.1) is 18.2 Å². The SMILES string of the molecule is N#Cc1cccc(C(=O)NC2CCC(NCc3nccc(Nc4cc(C5CC5)[nH]n4)n3)CC2)c1. The van der Waals surface area contributed by atoms with Gasteiger partial charge in [0.1, 0.15) is 11.6 Å². The van der Waals surface area contributed by atoms with Gasteiger partial charge in [-0.3, -0.25) is 9.89 Å². The number of rotatable bonds is 8. The Morgan fingerprint density at radius 3 is 2.68 bits per heavy atom. The van der Waals surface area contributed by atoms with Gasteiger partial charge in [-0.1, -0.05) is 6.07 Å². The van der Waals surface area contributed by atoms with E-state index in [0.717, 1.165) is 43.1 Å². The van der Waals surface area contributed by atoms with Crippen molar-refractivity contribution in [1.82, 2.24) is 30.8 Å². The summed E-state index contributed by atoms with van der Waals surface area (Å²) in [5.74, 6) is 2.75. The van der Waals surface area contributed by atoms with Gasteiger partial charge in [0.2, 0.25) is 0 Å². The number of hydrogen-bond donors (Lipinski definition) is 4. The molecule has 1 aromatic carbocycles. The summed E-state index contributed by atoms with van der Waals surface area (Å²) in [6.07, 6.45) is 7.98. The molecule has 0 unspecified atom stereocenters. The molecule has 5 rings (SSSR count). The molecule has 2 heterocycles. The van der Waals surface area contributed by atoms with Gasteiger partial charge in [-0.25, -0.2) is 9.97 Å². The van der Waals surface area contributed by atoms with Crippen LogP contribution in [0.5, 0.6) is 0 Å². The minimum atomic E-state index is -0.118. The van der Waals surface area contributed by atoms with E-state index in [0.29, 0.717) is 29.6 Å². The summed E-state index contributed by atoms with van der Waals surface area (Å²) in [6, 6.07) is 13.3. The normalized spacial score (nSPS) is 19.9. The van der Waals surface area contributed by atoms with Crippen molar-refractivity contribution in [3.8, 4) is 6.07 Å². The first kappa shape index (κ1) is 22.0. The van der Waals surface area contributed by atoms with Crippen LogP contribution in [0.4, 0.5) is 11.6 Å². The van der Waals surface area contributed by atoms with Crippen LogP contribution in [0.1, 0.15) is 71.9 Å². The Morgan fingerprint density at radius 2 is 1.88 bits per heavy atom. The van der Waals surface area contributed by atoms with Crippen molar-refractivity contribution in [2.24, 2.45) is 0 Å². The van der Waals surface area contributed by atoms with Gasteiger partial charge in [-0.15, -0.1) is 0 Å². The van der Waals surface area contributed by atoms with Gasteiger partial charge >= 0.3 is 0 Å². The highest BCUT2D eigenvalue weighted by Gasteiger charge is 2.26. The second-order valence-corrected chi connectivity index (χ2v) is 9.06. The quantitative estimate of drug-likeness (QED) is 0.408. The predicted molar refractivity (Wildman–Crippen MR) is 127 cm³/mol. The first-order valence-electron chi connectivity index (χ1n) is 11.8. The van der Waals surface area contributed by atoms with Crippen LogP contribution in [-0.4, -0.2) is 38.2 Å². The summed E-state index contributed by atoms with van der Waals surface area (Å²) in [5, 5.41) is 26.3. The first-order valence-corrected chi connectivity index (χ1v) is 11.8. The van der Waals surface area contributed by atoms with Gasteiger partial charge in [0.25, 0.3) is 5.91 Å². The molecule has 0 aliphatic heterocycles. The largest absolute Gasteiger partial charge is 0.349 e. The van der Waals surface area contributed by atoms with Crippen molar-refractivity contribution in [3.63, 3.8) is 0 Å². The Balaban J connectivity index is 1.07. The van der Waals surface area contributed by atoms with Crippen LogP contribution in [0.2, 0.25) is 0 Å². The molecular formula is C25H28N8O. The van der Waals surface area contributed by atoms with E-state index in [2.05, 4.69) is 48.3 Å². The van der Waals surface area contributed by atoms with Crippen molar-refractivity contribution in [3.05, 3.63) is 65.2 Å². The molecule has 0 atom stereocenters. The summed E-state index contributed by atoms with van der Waals surface area (Å²) in [4.78, 5) is 21.5. The number of H-pyrrole nitrogens is 1. The highest BCUT2D eigenvalue weighted by molar-refractivity contribution is 5.94. The van der Waals surface area contributed by atoms with Crippen molar-refractivity contribution in [2.45, 2.75) is 63.1 Å². The van der Waals surface area contributed by atoms with Crippen LogP contribution in [0.3, 0.4) is 0 Å². The van der Waals surface area contributed by atoms with E-state index in [1.165, 1.54) is 18.5 Å². The minimum Gasteiger partial charge on any atom is -0.349 e. The Morgan fingerprint density at radius 1 is 1.06 bits per heavy atom. The van der Waals surface area contributed by atoms with E-state index in [-0.39, 0.29) is 11.9 Å². The molecular weight excluding hydrogens is 428 g/mol. The fourth-order valence-electron chi connectivity index (χ4n) is 4.37. The zero-order valence-corrected chi connectivity index (χ0v) is 18.9. The third-order valence-corrected chi connectivity index (χ3v) is 6.44. The number of nitriles is 1. The summed E-state index contributed by atoms with van der Waals surface area (Å²) in [7, 11) is 0. The number of anilines is 2. The summed E-state index contributed by atoms with van der Waals surface area (Å²) in [6.45, 7) is 0.589. The zero-order chi connectivity index (χ0) is 23.3. The van der Waals surface area contributed by atoms with Crippen LogP contribution in [0, 0.1) is 11.3 Å². The smallest absolute Gasteiger partial charge is 0.251 e. The number of benzene rings is 1. The predicted octanol–water partition coefficient (Wildman–Crippen LogP) is 3.52. The molecule has 1 amide bonds. The lowest BCUT2D eigenvalue weighted by molar-refractivity contribution is 0.0924. The molecule has 0 bridgehead atoms. The van der Waals surface area contributed by atoms with Gasteiger partial charge < -0.3 is 16.0 Å². The maximum absolute atomic E-state index is 12.5. The molecule has 2 aromatic heterocycles. The van der Waals surface area contributed by atoms with E-state index in [1.54, 1.807) is 30.5 Å². The van der Waals surface area contributed by atoms with Crippen LogP contribution >= 0.6 is 0 Å². The summed E-state index contributed by atoms with van der Waals surface area (Å²) < 4.78 is 0. The van der Waals surface area contributed by atoms with Crippen LogP contribution in [0.15, 0.2) is 42.6 Å². The Hall–Kier alpha value is -3.77. The molecule has 2 aliphatic carbocycles. The van der Waals surface area contributed by atoms with Crippen molar-refractivity contribution < 1.29 is 4.79 Å². The number of aromatic amines is 1. The lowest BCUT2D eigenvalue weighted by Crippen LogP contribution is -2.42. The molecule has 0 radical (unpaired) electrons. The number of aromatic nitrogens is 4. The minimum absolute atomic E-state index is 0.118. The van der Waals surface area contributed by atoms with E-state index in [9.17, 15) is 4.79 Å². The highest BCUT2D eigenvalue weighted by Crippen LogP contribution is 2.39. The second-order valence-electron chi connectivity index (χ2n) is 9.06. The second kappa shape index (κ2) is 10.0. The maximum atomic E-state index is 12.5. The van der Waals surface area contributed by atoms with Crippen molar-refractivity contribution >= 4 is 17.5 Å². The van der Waals surface area contributed by atoms with Gasteiger partial charge in [-0.2, -0.15) is 10.4 Å². The lowest BCUT2D eigenvalue weighted by Gasteiger charge is -2.29. The third-order valence-electron chi connectivity index (χ3n) is 6.44. The Bertz CT molecular complexity index is 1190. The molecule has 3 aromatic rings. The molecule has 2 fully saturated rings. The number of hydrogen-bond acceptors (Lipinski definition) is 7. The number of nitrogens with zero attached hydrogens (tertiary/aromatic N) is 4. The highest BCUT2D eigenvalue weighted by atomic mass is 16.1. The lowest BCUT2D eigenvalue weighted by atomic mass is 9.91. The average Bonchev–Trinajstić information content (AvgIpc) is 3.62. The third kappa shape index (κ3) is 5.58. The summed E-state index contributed by atoms with van der Waals surface area (Å²) in [5.41, 5.74) is 2.21. The fraction of sp³-hybridized carbons (Fsp3) is 0.400. The standard InChI is InChI=1S/C25H28N8O/c26-14-16-2-1-3-18(12-16)25(34)29-20-8-6-19(7-9-20)28-15-24-27-11-10-22(31-24)30-23-13-21(32-33-23)17-4-5-17/h1-3,10-13,17,19-20,28H,4-9,15H2,(H,29,34)(H2,27,30,31,32,33). The van der Waals surface area contributed by atoms with Crippen LogP contribution in [-0.2, 0) is 6.54 Å². The molecule has 2 saturated carbocycles. The van der Waals surface area contributed by atoms with E-state index in [1.807, 2.05) is 6.07 Å². The van der Waals surface area contributed by atoms with Crippen molar-refractivity contribution in [1.29, 1.82) is 5.26 Å². The van der Waals surface area contributed by atoms with Gasteiger partial charge in [0.15, 0.2) is 5.82 Å². The molecule has 2 aliphatic rings. The van der Waals surface area contributed by atoms with E-state index >= 15 is 0 Å².